The molecule has 0 saturated heterocycles. The highest BCUT2D eigenvalue weighted by molar-refractivity contribution is 5.32. The van der Waals surface area contributed by atoms with Gasteiger partial charge in [-0.2, -0.15) is 5.10 Å². The summed E-state index contributed by atoms with van der Waals surface area (Å²) < 4.78 is 2.16. The van der Waals surface area contributed by atoms with Crippen LogP contribution in [0.25, 0.3) is 0 Å². The van der Waals surface area contributed by atoms with E-state index in [1.165, 1.54) is 30.4 Å². The van der Waals surface area contributed by atoms with Gasteiger partial charge >= 0.3 is 0 Å². The molecule has 3 nitrogen and oxygen atoms in total. The van der Waals surface area contributed by atoms with E-state index >= 15 is 0 Å². The Morgan fingerprint density at radius 2 is 2.15 bits per heavy atom. The first-order valence-corrected chi connectivity index (χ1v) is 7.62. The number of nitrogens with zero attached hydrogens (tertiary/aromatic N) is 2. The van der Waals surface area contributed by atoms with E-state index in [0.717, 1.165) is 12.2 Å². The molecule has 20 heavy (non-hydrogen) atoms. The standard InChI is InChI=1S/C17H23N3/c1-3-18-17-15-9-5-4-7-14(15)8-6-10-16(17)20-12-11-13(2)19-20/h4-5,7,9,11-12,16-18H,3,6,8,10H2,1-2H3. The number of aryl methyl sites for hydroxylation is 2. The molecular weight excluding hydrogens is 246 g/mol. The first-order valence-electron chi connectivity index (χ1n) is 7.62. The fourth-order valence-corrected chi connectivity index (χ4v) is 3.31. The molecule has 1 aromatic heterocycles. The third-order valence-electron chi connectivity index (χ3n) is 4.23. The first kappa shape index (κ1) is 13.4. The fourth-order valence-electron chi connectivity index (χ4n) is 3.31. The van der Waals surface area contributed by atoms with Crippen LogP contribution in [0.2, 0.25) is 0 Å². The van der Waals surface area contributed by atoms with Crippen molar-refractivity contribution in [2.75, 3.05) is 6.54 Å². The summed E-state index contributed by atoms with van der Waals surface area (Å²) >= 11 is 0. The average molecular weight is 269 g/mol. The summed E-state index contributed by atoms with van der Waals surface area (Å²) in [5.41, 5.74) is 4.03. The van der Waals surface area contributed by atoms with Crippen LogP contribution < -0.4 is 5.32 Å². The van der Waals surface area contributed by atoms with Crippen molar-refractivity contribution in [2.45, 2.75) is 45.2 Å². The van der Waals surface area contributed by atoms with Crippen molar-refractivity contribution in [3.05, 3.63) is 53.3 Å². The zero-order valence-corrected chi connectivity index (χ0v) is 12.3. The normalized spacial score (nSPS) is 22.3. The van der Waals surface area contributed by atoms with E-state index in [2.05, 4.69) is 65.5 Å². The summed E-state index contributed by atoms with van der Waals surface area (Å²) in [5.74, 6) is 0. The molecular formula is C17H23N3. The Kier molecular flexibility index (Phi) is 3.88. The lowest BCUT2D eigenvalue weighted by molar-refractivity contribution is 0.318. The number of rotatable bonds is 3. The van der Waals surface area contributed by atoms with Crippen LogP contribution >= 0.6 is 0 Å². The average Bonchev–Trinajstić information content (AvgIpc) is 2.80. The van der Waals surface area contributed by atoms with E-state index in [1.54, 1.807) is 0 Å². The van der Waals surface area contributed by atoms with Crippen LogP contribution in [-0.4, -0.2) is 16.3 Å². The van der Waals surface area contributed by atoms with E-state index in [9.17, 15) is 0 Å². The molecule has 0 amide bonds. The number of hydrogen-bond acceptors (Lipinski definition) is 2. The Bertz CT molecular complexity index is 573. The zero-order chi connectivity index (χ0) is 13.9. The smallest absolute Gasteiger partial charge is 0.0714 e. The Labute approximate surface area is 121 Å². The molecule has 1 N–H and O–H groups in total. The van der Waals surface area contributed by atoms with Crippen LogP contribution in [0.15, 0.2) is 36.5 Å². The van der Waals surface area contributed by atoms with E-state index in [1.807, 2.05) is 0 Å². The molecule has 3 heteroatoms. The van der Waals surface area contributed by atoms with Crippen LogP contribution in [-0.2, 0) is 6.42 Å². The van der Waals surface area contributed by atoms with Crippen LogP contribution in [0.5, 0.6) is 0 Å². The molecule has 0 fully saturated rings. The predicted octanol–water partition coefficient (Wildman–Crippen LogP) is 3.42. The van der Waals surface area contributed by atoms with E-state index in [0.29, 0.717) is 12.1 Å². The molecule has 1 aliphatic carbocycles. The number of benzene rings is 1. The topological polar surface area (TPSA) is 29.9 Å². The Morgan fingerprint density at radius 1 is 1.30 bits per heavy atom. The van der Waals surface area contributed by atoms with Crippen LogP contribution in [0.1, 0.15) is 48.7 Å². The van der Waals surface area contributed by atoms with Crippen molar-refractivity contribution in [3.63, 3.8) is 0 Å². The number of likely N-dealkylation sites (N-methyl/N-ethyl adjacent to an activating group) is 1. The van der Waals surface area contributed by atoms with Crippen molar-refractivity contribution in [2.24, 2.45) is 0 Å². The van der Waals surface area contributed by atoms with Crippen molar-refractivity contribution in [3.8, 4) is 0 Å². The number of aromatic nitrogens is 2. The molecule has 1 heterocycles. The van der Waals surface area contributed by atoms with Gasteiger partial charge in [-0.25, -0.2) is 0 Å². The van der Waals surface area contributed by atoms with Crippen molar-refractivity contribution < 1.29 is 0 Å². The fraction of sp³-hybridized carbons (Fsp3) is 0.471. The quantitative estimate of drug-likeness (QED) is 0.865. The maximum Gasteiger partial charge on any atom is 0.0714 e. The molecule has 3 rings (SSSR count). The SMILES string of the molecule is CCNC1c2ccccc2CCCC1n1ccc(C)n1. The summed E-state index contributed by atoms with van der Waals surface area (Å²) in [6, 6.07) is 11.7. The summed E-state index contributed by atoms with van der Waals surface area (Å²) in [6.45, 7) is 5.22. The Hall–Kier alpha value is -1.61. The third-order valence-corrected chi connectivity index (χ3v) is 4.23. The maximum absolute atomic E-state index is 4.66. The van der Waals surface area contributed by atoms with Gasteiger partial charge in [-0.05, 0) is 49.9 Å². The van der Waals surface area contributed by atoms with Crippen molar-refractivity contribution in [1.82, 2.24) is 15.1 Å². The zero-order valence-electron chi connectivity index (χ0n) is 12.3. The molecule has 0 aliphatic heterocycles. The molecule has 2 atom stereocenters. The molecule has 0 spiro atoms. The second kappa shape index (κ2) is 5.80. The van der Waals surface area contributed by atoms with Crippen LogP contribution in [0.4, 0.5) is 0 Å². The third kappa shape index (κ3) is 2.50. The van der Waals surface area contributed by atoms with Gasteiger partial charge in [0.2, 0.25) is 0 Å². The lowest BCUT2D eigenvalue weighted by Gasteiger charge is -2.27. The van der Waals surface area contributed by atoms with Gasteiger partial charge in [0.1, 0.15) is 0 Å². The van der Waals surface area contributed by atoms with Crippen molar-refractivity contribution in [1.29, 1.82) is 0 Å². The summed E-state index contributed by atoms with van der Waals surface area (Å²) in [7, 11) is 0. The highest BCUT2D eigenvalue weighted by atomic mass is 15.3. The van der Waals surface area contributed by atoms with Gasteiger partial charge in [0.05, 0.1) is 17.8 Å². The van der Waals surface area contributed by atoms with Gasteiger partial charge in [0.15, 0.2) is 0 Å². The van der Waals surface area contributed by atoms with Gasteiger partial charge in [-0.15, -0.1) is 0 Å². The van der Waals surface area contributed by atoms with Gasteiger partial charge in [0, 0.05) is 6.20 Å². The highest BCUT2D eigenvalue weighted by Gasteiger charge is 2.28. The number of nitrogens with one attached hydrogen (secondary N) is 1. The minimum absolute atomic E-state index is 0.359. The molecule has 106 valence electrons. The second-order valence-corrected chi connectivity index (χ2v) is 5.63. The van der Waals surface area contributed by atoms with Gasteiger partial charge in [-0.1, -0.05) is 31.2 Å². The molecule has 0 bridgehead atoms. The van der Waals surface area contributed by atoms with E-state index in [4.69, 9.17) is 0 Å². The van der Waals surface area contributed by atoms with E-state index in [-0.39, 0.29) is 0 Å². The summed E-state index contributed by atoms with van der Waals surface area (Å²) in [6.07, 6.45) is 5.70. The van der Waals surface area contributed by atoms with Crippen LogP contribution in [0, 0.1) is 6.92 Å². The molecule has 2 aromatic rings. The maximum atomic E-state index is 4.66. The minimum Gasteiger partial charge on any atom is -0.308 e. The summed E-state index contributed by atoms with van der Waals surface area (Å²) in [4.78, 5) is 0. The molecule has 0 saturated carbocycles. The van der Waals surface area contributed by atoms with Crippen molar-refractivity contribution >= 4 is 0 Å². The minimum atomic E-state index is 0.359. The van der Waals surface area contributed by atoms with Gasteiger partial charge in [-0.3, -0.25) is 4.68 Å². The Morgan fingerprint density at radius 3 is 2.90 bits per heavy atom. The lowest BCUT2D eigenvalue weighted by Crippen LogP contribution is -2.30. The predicted molar refractivity (Wildman–Crippen MR) is 81.8 cm³/mol. The number of hydrogen-bond donors (Lipinski definition) is 1. The summed E-state index contributed by atoms with van der Waals surface area (Å²) in [5, 5.41) is 8.34. The Balaban J connectivity index is 2.01. The second-order valence-electron chi connectivity index (χ2n) is 5.63. The molecule has 1 aromatic carbocycles. The first-order chi connectivity index (χ1) is 9.79. The van der Waals surface area contributed by atoms with Gasteiger partial charge < -0.3 is 5.32 Å². The molecule has 0 radical (unpaired) electrons. The van der Waals surface area contributed by atoms with Crippen LogP contribution in [0.3, 0.4) is 0 Å². The highest BCUT2D eigenvalue weighted by Crippen LogP contribution is 2.36. The largest absolute Gasteiger partial charge is 0.308 e. The molecule has 1 aliphatic rings. The van der Waals surface area contributed by atoms with Gasteiger partial charge in [0.25, 0.3) is 0 Å². The van der Waals surface area contributed by atoms with E-state index < -0.39 is 0 Å². The lowest BCUT2D eigenvalue weighted by atomic mass is 9.96. The number of fused-ring (bicyclic) bond motifs is 1. The monoisotopic (exact) mass is 269 g/mol. The molecule has 2 unspecified atom stereocenters.